The smallest absolute Gasteiger partial charge is 0.207 e. The third kappa shape index (κ3) is 3.86. The lowest BCUT2D eigenvalue weighted by Gasteiger charge is -2.61. The summed E-state index contributed by atoms with van der Waals surface area (Å²) < 4.78 is 26.7. The van der Waals surface area contributed by atoms with Crippen LogP contribution in [0.15, 0.2) is 12.2 Å². The summed E-state index contributed by atoms with van der Waals surface area (Å²) in [7, 11) is 0. The van der Waals surface area contributed by atoms with Gasteiger partial charge in [0.2, 0.25) is 11.6 Å². The first kappa shape index (κ1) is 27.0. The molecule has 2 spiro atoms. The van der Waals surface area contributed by atoms with Crippen LogP contribution in [0.4, 0.5) is 0 Å². The first-order chi connectivity index (χ1) is 19.2. The van der Waals surface area contributed by atoms with E-state index in [2.05, 4.69) is 20.4 Å². The van der Waals surface area contributed by atoms with Crippen molar-refractivity contribution in [1.29, 1.82) is 0 Å². The Kier molecular flexibility index (Phi) is 6.38. The number of hydrogen-bond donors (Lipinski definition) is 0. The molecule has 5 aliphatic heterocycles. The van der Waals surface area contributed by atoms with Gasteiger partial charge in [0.15, 0.2) is 18.2 Å². The van der Waals surface area contributed by atoms with Gasteiger partial charge >= 0.3 is 0 Å². The minimum Gasteiger partial charge on any atom is -0.352 e. The fourth-order valence-electron chi connectivity index (χ4n) is 10.6. The topological polar surface area (TPSA) is 73.8 Å². The molecule has 2 unspecified atom stereocenters. The average Bonchev–Trinajstić information content (AvgIpc) is 3.15. The molecule has 5 aliphatic carbocycles. The van der Waals surface area contributed by atoms with Crippen molar-refractivity contribution in [1.82, 2.24) is 0 Å². The van der Waals surface area contributed by atoms with Crippen LogP contribution in [0.5, 0.6) is 0 Å². The molecule has 8 heteroatoms. The Labute approximate surface area is 238 Å². The van der Waals surface area contributed by atoms with E-state index in [1.54, 1.807) is 0 Å². The summed E-state index contributed by atoms with van der Waals surface area (Å²) in [6.07, 6.45) is 9.61. The summed E-state index contributed by atoms with van der Waals surface area (Å²) in [6.45, 7) is 13.2. The quantitative estimate of drug-likeness (QED) is 0.297. The van der Waals surface area contributed by atoms with Crippen LogP contribution in [0, 0.1) is 47.3 Å². The zero-order chi connectivity index (χ0) is 27.4. The third-order valence-corrected chi connectivity index (χ3v) is 12.5. The summed E-state index contributed by atoms with van der Waals surface area (Å²) in [6, 6.07) is 0. The van der Waals surface area contributed by atoms with Crippen LogP contribution >= 0.6 is 0 Å². The standard InChI is InChI=1S/C32H48O8/c1-17(2)27-26(35-32(40-37-27)22-13-20-12-21(15-22)16-23(32)14-20)9-11-33-28-19(4)25-7-6-18(3)24-8-10-30(5)36-29(34-28)31(24,25)39-38-30/h18-29H,1,6-16H2,2-5H3/t18-,19-,20?,21?,22?,23?,24+,25+,26?,27?,28+,29-,30-,31-,32?/m1/s1. The first-order valence-electron chi connectivity index (χ1n) is 16.2. The zero-order valence-corrected chi connectivity index (χ0v) is 24.7. The molecule has 6 bridgehead atoms. The maximum absolute atomic E-state index is 6.98. The summed E-state index contributed by atoms with van der Waals surface area (Å²) in [5.41, 5.74) is 0.352. The van der Waals surface area contributed by atoms with Crippen molar-refractivity contribution in [2.45, 2.75) is 134 Å². The van der Waals surface area contributed by atoms with Crippen molar-refractivity contribution in [2.75, 3.05) is 6.61 Å². The molecule has 10 atom stereocenters. The Morgan fingerprint density at radius 2 is 1.65 bits per heavy atom. The molecule has 0 aromatic rings. The second-order valence-corrected chi connectivity index (χ2v) is 15.1. The van der Waals surface area contributed by atoms with Crippen LogP contribution < -0.4 is 0 Å². The molecule has 8 nitrogen and oxygen atoms in total. The van der Waals surface area contributed by atoms with Crippen LogP contribution in [-0.2, 0) is 38.5 Å². The Bertz CT molecular complexity index is 989. The van der Waals surface area contributed by atoms with E-state index < -0.39 is 23.5 Å². The minimum atomic E-state index is -0.780. The van der Waals surface area contributed by atoms with Crippen molar-refractivity contribution in [3.8, 4) is 0 Å². The van der Waals surface area contributed by atoms with Gasteiger partial charge < -0.3 is 18.9 Å². The second-order valence-electron chi connectivity index (χ2n) is 15.1. The molecular formula is C32H48O8. The maximum Gasteiger partial charge on any atom is 0.207 e. The molecule has 0 aromatic carbocycles. The molecule has 10 fully saturated rings. The van der Waals surface area contributed by atoms with Gasteiger partial charge in [0.25, 0.3) is 0 Å². The van der Waals surface area contributed by atoms with E-state index in [0.717, 1.165) is 36.7 Å². The van der Waals surface area contributed by atoms with Crippen molar-refractivity contribution < 1.29 is 38.5 Å². The summed E-state index contributed by atoms with van der Waals surface area (Å²) in [4.78, 5) is 24.6. The maximum atomic E-state index is 6.98. The number of hydrogen-bond acceptors (Lipinski definition) is 8. The normalized spacial score (nSPS) is 58.1. The molecule has 0 aromatic heterocycles. The lowest BCUT2D eigenvalue weighted by Crippen LogP contribution is -2.70. The van der Waals surface area contributed by atoms with Gasteiger partial charge in [-0.15, -0.1) is 0 Å². The highest BCUT2D eigenvalue weighted by Crippen LogP contribution is 2.62. The average molecular weight is 561 g/mol. The van der Waals surface area contributed by atoms with Gasteiger partial charge in [-0.05, 0) is 94.5 Å². The molecule has 40 heavy (non-hydrogen) atoms. The molecule has 0 radical (unpaired) electrons. The van der Waals surface area contributed by atoms with Crippen molar-refractivity contribution in [3.63, 3.8) is 0 Å². The summed E-state index contributed by atoms with van der Waals surface area (Å²) >= 11 is 0. The van der Waals surface area contributed by atoms with Crippen LogP contribution in [0.2, 0.25) is 0 Å². The van der Waals surface area contributed by atoms with Crippen LogP contribution in [0.25, 0.3) is 0 Å². The van der Waals surface area contributed by atoms with Gasteiger partial charge in [-0.25, -0.2) is 14.7 Å². The predicted molar refractivity (Wildman–Crippen MR) is 143 cm³/mol. The third-order valence-electron chi connectivity index (χ3n) is 12.5. The number of rotatable bonds is 5. The van der Waals surface area contributed by atoms with Gasteiger partial charge in [-0.3, -0.25) is 0 Å². The van der Waals surface area contributed by atoms with E-state index >= 15 is 0 Å². The zero-order valence-electron chi connectivity index (χ0n) is 24.7. The van der Waals surface area contributed by atoms with Gasteiger partial charge in [-0.1, -0.05) is 20.4 Å². The second kappa shape index (κ2) is 9.46. The number of ether oxygens (including phenoxy) is 4. The molecule has 0 N–H and O–H groups in total. The highest BCUT2D eigenvalue weighted by molar-refractivity contribution is 5.10. The molecule has 5 saturated carbocycles. The fourth-order valence-corrected chi connectivity index (χ4v) is 10.6. The van der Waals surface area contributed by atoms with E-state index in [4.69, 9.17) is 38.5 Å². The summed E-state index contributed by atoms with van der Waals surface area (Å²) in [5.74, 6) is 2.41. The molecule has 10 rings (SSSR count). The van der Waals surface area contributed by atoms with E-state index in [1.165, 1.54) is 38.5 Å². The Balaban J connectivity index is 0.978. The van der Waals surface area contributed by atoms with E-state index in [1.807, 2.05) is 13.8 Å². The van der Waals surface area contributed by atoms with Crippen LogP contribution in [0.1, 0.15) is 91.9 Å². The Morgan fingerprint density at radius 1 is 0.900 bits per heavy atom. The lowest BCUT2D eigenvalue weighted by molar-refractivity contribution is -0.577. The van der Waals surface area contributed by atoms with Gasteiger partial charge in [-0.2, -0.15) is 4.89 Å². The fraction of sp³-hybridized carbons (Fsp3) is 0.938. The van der Waals surface area contributed by atoms with Gasteiger partial charge in [0.05, 0.1) is 12.7 Å². The molecule has 5 saturated heterocycles. The molecule has 0 amide bonds. The van der Waals surface area contributed by atoms with Crippen LogP contribution in [0.3, 0.4) is 0 Å². The molecule has 10 aliphatic rings. The summed E-state index contributed by atoms with van der Waals surface area (Å²) in [5, 5.41) is 0. The first-order valence-corrected chi connectivity index (χ1v) is 16.2. The van der Waals surface area contributed by atoms with E-state index in [-0.39, 0.29) is 30.3 Å². The molecular weight excluding hydrogens is 512 g/mol. The Morgan fingerprint density at radius 3 is 2.38 bits per heavy atom. The van der Waals surface area contributed by atoms with Crippen LogP contribution in [-0.4, -0.2) is 48.6 Å². The highest BCUT2D eigenvalue weighted by Gasteiger charge is 2.69. The van der Waals surface area contributed by atoms with Crippen molar-refractivity contribution in [2.24, 2.45) is 47.3 Å². The van der Waals surface area contributed by atoms with Gasteiger partial charge in [0, 0.05) is 36.5 Å². The van der Waals surface area contributed by atoms with E-state index in [0.29, 0.717) is 36.7 Å². The van der Waals surface area contributed by atoms with E-state index in [9.17, 15) is 0 Å². The highest BCUT2D eigenvalue weighted by atomic mass is 17.3. The predicted octanol–water partition coefficient (Wildman–Crippen LogP) is 6.05. The molecule has 5 heterocycles. The van der Waals surface area contributed by atoms with Crippen molar-refractivity contribution >= 4 is 0 Å². The largest absolute Gasteiger partial charge is 0.352 e. The van der Waals surface area contributed by atoms with Gasteiger partial charge in [0.1, 0.15) is 6.10 Å². The van der Waals surface area contributed by atoms with Crippen molar-refractivity contribution in [3.05, 3.63) is 12.2 Å². The Hall–Kier alpha value is -0.580. The minimum absolute atomic E-state index is 0.153. The number of fused-ring (bicyclic) bond motifs is 2. The SMILES string of the molecule is C=C(C)C1OOC2(OC1CCO[C@H]1O[C@@H]3O[C@@]4(C)CC[C@H]5[C@H](C)CC[C@@H]([C@H]1C)[C@@]35OO4)C1CC3CC(C1)CC2C3. The monoisotopic (exact) mass is 560 g/mol. The lowest BCUT2D eigenvalue weighted by atomic mass is 9.53. The molecule has 224 valence electrons.